The van der Waals surface area contributed by atoms with Gasteiger partial charge in [0.25, 0.3) is 0 Å². The highest BCUT2D eigenvalue weighted by Crippen LogP contribution is 2.36. The molecule has 1 aromatic heterocycles. The maximum absolute atomic E-state index is 11.3. The maximum Gasteiger partial charge on any atom is 0.373 e. The van der Waals surface area contributed by atoms with Crippen LogP contribution in [0.15, 0.2) is 16.5 Å². The normalized spacial score (nSPS) is 30.5. The van der Waals surface area contributed by atoms with Crippen LogP contribution in [0.3, 0.4) is 0 Å². The topological polar surface area (TPSA) is 62.9 Å². The average molecular weight is 265 g/mol. The number of hydrogen-bond donors (Lipinski definition) is 1. The van der Waals surface area contributed by atoms with Gasteiger partial charge < -0.3 is 14.3 Å². The van der Waals surface area contributed by atoms with Crippen LogP contribution in [0.25, 0.3) is 0 Å². The van der Waals surface area contributed by atoms with Gasteiger partial charge in [-0.05, 0) is 37.8 Å². The Balaban J connectivity index is 1.69. The third-order valence-electron chi connectivity index (χ3n) is 4.25. The van der Waals surface area contributed by atoms with E-state index in [0.717, 1.165) is 31.4 Å². The number of carbonyl (C=O) groups excluding carboxylic acids is 1. The molecular weight excluding hydrogens is 246 g/mol. The molecular formula is C14H19NO4. The number of nitrogens with zero attached hydrogens (tertiary/aromatic N) is 1. The van der Waals surface area contributed by atoms with Gasteiger partial charge in [0, 0.05) is 12.1 Å². The monoisotopic (exact) mass is 265 g/mol. The molecule has 2 fully saturated rings. The molecule has 2 saturated heterocycles. The van der Waals surface area contributed by atoms with Gasteiger partial charge in [0.2, 0.25) is 5.76 Å². The molecule has 0 aromatic carbocycles. The summed E-state index contributed by atoms with van der Waals surface area (Å²) in [6.45, 7) is 0.707. The molecule has 1 aromatic rings. The van der Waals surface area contributed by atoms with E-state index in [-0.39, 0.29) is 11.9 Å². The molecule has 5 heteroatoms. The minimum Gasteiger partial charge on any atom is -0.463 e. The van der Waals surface area contributed by atoms with Crippen LogP contribution in [0.2, 0.25) is 0 Å². The zero-order valence-electron chi connectivity index (χ0n) is 11.0. The maximum atomic E-state index is 11.3. The van der Waals surface area contributed by atoms with E-state index in [4.69, 9.17) is 4.42 Å². The lowest BCUT2D eigenvalue weighted by Crippen LogP contribution is -2.43. The molecule has 0 saturated carbocycles. The number of methoxy groups -OCH3 is 1. The van der Waals surface area contributed by atoms with Crippen LogP contribution in [0, 0.1) is 0 Å². The number of carbonyl (C=O) groups is 1. The number of rotatable bonds is 3. The van der Waals surface area contributed by atoms with Gasteiger partial charge in [-0.2, -0.15) is 0 Å². The highest BCUT2D eigenvalue weighted by molar-refractivity contribution is 5.86. The van der Waals surface area contributed by atoms with Gasteiger partial charge in [0.15, 0.2) is 0 Å². The molecule has 19 heavy (non-hydrogen) atoms. The van der Waals surface area contributed by atoms with Crippen LogP contribution in [0.5, 0.6) is 0 Å². The van der Waals surface area contributed by atoms with Gasteiger partial charge in [-0.1, -0.05) is 0 Å². The summed E-state index contributed by atoms with van der Waals surface area (Å²) in [6, 6.07) is 4.37. The van der Waals surface area contributed by atoms with Crippen molar-refractivity contribution in [2.75, 3.05) is 7.11 Å². The van der Waals surface area contributed by atoms with Crippen LogP contribution in [0.1, 0.15) is 42.0 Å². The minimum atomic E-state index is -0.441. The zero-order chi connectivity index (χ0) is 13.4. The molecule has 2 aliphatic rings. The number of furan rings is 1. The quantitative estimate of drug-likeness (QED) is 0.840. The number of aliphatic hydroxyl groups is 1. The number of fused-ring (bicyclic) bond motifs is 2. The van der Waals surface area contributed by atoms with Crippen LogP contribution >= 0.6 is 0 Å². The van der Waals surface area contributed by atoms with E-state index in [2.05, 4.69) is 9.64 Å². The first-order chi connectivity index (χ1) is 9.17. The zero-order valence-corrected chi connectivity index (χ0v) is 11.0. The minimum absolute atomic E-state index is 0.156. The smallest absolute Gasteiger partial charge is 0.373 e. The van der Waals surface area contributed by atoms with E-state index in [0.29, 0.717) is 18.6 Å². The van der Waals surface area contributed by atoms with Crippen molar-refractivity contribution < 1.29 is 19.1 Å². The molecule has 2 unspecified atom stereocenters. The number of esters is 1. The SMILES string of the molecule is COC(=O)c1ccc(CN2C3CCC2CC(O)C3)o1. The summed E-state index contributed by atoms with van der Waals surface area (Å²) in [4.78, 5) is 13.7. The molecule has 1 N–H and O–H groups in total. The highest BCUT2D eigenvalue weighted by atomic mass is 16.5. The average Bonchev–Trinajstić information content (AvgIpc) is 2.94. The van der Waals surface area contributed by atoms with Gasteiger partial charge in [-0.15, -0.1) is 0 Å². The Morgan fingerprint density at radius 2 is 2.11 bits per heavy atom. The molecule has 3 heterocycles. The predicted octanol–water partition coefficient (Wildman–Crippen LogP) is 1.55. The third kappa shape index (κ3) is 2.40. The van der Waals surface area contributed by atoms with Crippen molar-refractivity contribution in [3.8, 4) is 0 Å². The van der Waals surface area contributed by atoms with Crippen molar-refractivity contribution in [3.05, 3.63) is 23.7 Å². The molecule has 3 rings (SSSR count). The fourth-order valence-corrected chi connectivity index (χ4v) is 3.36. The lowest BCUT2D eigenvalue weighted by atomic mass is 10.00. The van der Waals surface area contributed by atoms with Crippen molar-refractivity contribution in [2.24, 2.45) is 0 Å². The summed E-state index contributed by atoms with van der Waals surface area (Å²) in [7, 11) is 1.34. The van der Waals surface area contributed by atoms with E-state index in [1.165, 1.54) is 7.11 Å². The standard InChI is InChI=1S/C14H19NO4/c1-18-14(17)13-5-4-12(19-13)8-15-9-2-3-10(15)7-11(16)6-9/h4-5,9-11,16H,2-3,6-8H2,1H3. The lowest BCUT2D eigenvalue weighted by Gasteiger charge is -2.36. The Morgan fingerprint density at radius 3 is 2.74 bits per heavy atom. The molecule has 0 amide bonds. The fourth-order valence-electron chi connectivity index (χ4n) is 3.36. The van der Waals surface area contributed by atoms with E-state index >= 15 is 0 Å². The van der Waals surface area contributed by atoms with Crippen molar-refractivity contribution in [3.63, 3.8) is 0 Å². The van der Waals surface area contributed by atoms with Crippen molar-refractivity contribution >= 4 is 5.97 Å². The Morgan fingerprint density at radius 1 is 1.42 bits per heavy atom. The molecule has 5 nitrogen and oxygen atoms in total. The summed E-state index contributed by atoms with van der Waals surface area (Å²) in [5.74, 6) is 0.596. The Kier molecular flexibility index (Phi) is 3.33. The second kappa shape index (κ2) is 4.98. The van der Waals surface area contributed by atoms with Gasteiger partial charge in [-0.3, -0.25) is 4.90 Å². The summed E-state index contributed by atoms with van der Waals surface area (Å²) in [5.41, 5.74) is 0. The van der Waals surface area contributed by atoms with Gasteiger partial charge in [0.05, 0.1) is 19.8 Å². The lowest BCUT2D eigenvalue weighted by molar-refractivity contribution is 0.0271. The molecule has 2 atom stereocenters. The first-order valence-corrected chi connectivity index (χ1v) is 6.78. The van der Waals surface area contributed by atoms with Crippen molar-refractivity contribution in [1.29, 1.82) is 0 Å². The largest absolute Gasteiger partial charge is 0.463 e. The van der Waals surface area contributed by atoms with E-state index < -0.39 is 5.97 Å². The number of hydrogen-bond acceptors (Lipinski definition) is 5. The second-order valence-electron chi connectivity index (χ2n) is 5.44. The molecule has 0 radical (unpaired) electrons. The Hall–Kier alpha value is -1.33. The number of aliphatic hydroxyl groups excluding tert-OH is 1. The first kappa shape index (κ1) is 12.7. The summed E-state index contributed by atoms with van der Waals surface area (Å²) in [5, 5.41) is 9.77. The Bertz CT molecular complexity index is 456. The molecule has 2 aliphatic heterocycles. The first-order valence-electron chi connectivity index (χ1n) is 6.78. The van der Waals surface area contributed by atoms with Gasteiger partial charge >= 0.3 is 5.97 Å². The molecule has 0 spiro atoms. The fraction of sp³-hybridized carbons (Fsp3) is 0.643. The number of piperidine rings is 1. The molecule has 2 bridgehead atoms. The van der Waals surface area contributed by atoms with Crippen molar-refractivity contribution in [1.82, 2.24) is 4.90 Å². The van der Waals surface area contributed by atoms with Gasteiger partial charge in [-0.25, -0.2) is 4.79 Å². The van der Waals surface area contributed by atoms with Crippen LogP contribution in [0.4, 0.5) is 0 Å². The van der Waals surface area contributed by atoms with Crippen LogP contribution < -0.4 is 0 Å². The summed E-state index contributed by atoms with van der Waals surface area (Å²) < 4.78 is 10.1. The number of ether oxygens (including phenoxy) is 1. The van der Waals surface area contributed by atoms with E-state index in [1.54, 1.807) is 6.07 Å². The van der Waals surface area contributed by atoms with Crippen LogP contribution in [-0.4, -0.2) is 41.3 Å². The van der Waals surface area contributed by atoms with Gasteiger partial charge in [0.1, 0.15) is 5.76 Å². The second-order valence-corrected chi connectivity index (χ2v) is 5.44. The summed E-state index contributed by atoms with van der Waals surface area (Å²) >= 11 is 0. The summed E-state index contributed by atoms with van der Waals surface area (Å²) in [6.07, 6.45) is 3.83. The highest BCUT2D eigenvalue weighted by Gasteiger charge is 2.40. The third-order valence-corrected chi connectivity index (χ3v) is 4.25. The van der Waals surface area contributed by atoms with Crippen LogP contribution in [-0.2, 0) is 11.3 Å². The Labute approximate surface area is 112 Å². The molecule has 104 valence electrons. The molecule has 0 aliphatic carbocycles. The predicted molar refractivity (Wildman–Crippen MR) is 67.6 cm³/mol. The van der Waals surface area contributed by atoms with E-state index in [1.807, 2.05) is 6.07 Å². The van der Waals surface area contributed by atoms with E-state index in [9.17, 15) is 9.90 Å². The van der Waals surface area contributed by atoms with Crippen molar-refractivity contribution in [2.45, 2.75) is 50.4 Å².